The third-order valence-corrected chi connectivity index (χ3v) is 4.98. The summed E-state index contributed by atoms with van der Waals surface area (Å²) in [5.41, 5.74) is 0.489. The first-order valence-corrected chi connectivity index (χ1v) is 9.76. The Balaban J connectivity index is 1.85. The van der Waals surface area contributed by atoms with Crippen LogP contribution in [0.1, 0.15) is 6.42 Å². The molecule has 1 amide bonds. The van der Waals surface area contributed by atoms with Gasteiger partial charge in [0.25, 0.3) is 0 Å². The first kappa shape index (κ1) is 21.7. The number of rotatable bonds is 10. The number of carbonyl (C=O) groups excluding carboxylic acids is 1. The maximum Gasteiger partial charge on any atom is 0.240 e. The third-order valence-electron chi connectivity index (χ3n) is 3.52. The molecule has 0 saturated carbocycles. The van der Waals surface area contributed by atoms with Gasteiger partial charge in [0, 0.05) is 31.8 Å². The Morgan fingerprint density at radius 3 is 2.57 bits per heavy atom. The highest BCUT2D eigenvalue weighted by Gasteiger charge is 2.16. The van der Waals surface area contributed by atoms with Crippen molar-refractivity contribution in [1.29, 1.82) is 0 Å². The van der Waals surface area contributed by atoms with E-state index in [0.29, 0.717) is 30.7 Å². The van der Waals surface area contributed by atoms with Gasteiger partial charge in [-0.15, -0.1) is 0 Å². The number of sulfonamides is 1. The standard InChI is InChI=1S/C18H20F2N2O5S/c1-26-9-10-27-14-4-2-3-13(11-14)22-18(23)7-8-21-28(24,25)15-5-6-16(19)17(20)12-15/h2-6,11-12,21H,7-10H2,1H3,(H,22,23). The van der Waals surface area contributed by atoms with Crippen LogP contribution in [0.3, 0.4) is 0 Å². The Kier molecular flexibility index (Phi) is 7.85. The highest BCUT2D eigenvalue weighted by molar-refractivity contribution is 7.89. The fourth-order valence-corrected chi connectivity index (χ4v) is 3.20. The maximum absolute atomic E-state index is 13.2. The van der Waals surface area contributed by atoms with E-state index in [1.165, 1.54) is 0 Å². The van der Waals surface area contributed by atoms with Crippen LogP contribution >= 0.6 is 0 Å². The van der Waals surface area contributed by atoms with E-state index in [-0.39, 0.29) is 13.0 Å². The Labute approximate surface area is 161 Å². The minimum Gasteiger partial charge on any atom is -0.491 e. The number of amides is 1. The summed E-state index contributed by atoms with van der Waals surface area (Å²) < 4.78 is 62.7. The largest absolute Gasteiger partial charge is 0.491 e. The van der Waals surface area contributed by atoms with Gasteiger partial charge in [0.2, 0.25) is 15.9 Å². The lowest BCUT2D eigenvalue weighted by Crippen LogP contribution is -2.28. The zero-order valence-corrected chi connectivity index (χ0v) is 15.9. The Morgan fingerprint density at radius 2 is 1.86 bits per heavy atom. The second-order valence-electron chi connectivity index (χ2n) is 5.64. The molecule has 28 heavy (non-hydrogen) atoms. The molecule has 0 aliphatic carbocycles. The average Bonchev–Trinajstić information content (AvgIpc) is 2.64. The van der Waals surface area contributed by atoms with Gasteiger partial charge in [0.15, 0.2) is 11.6 Å². The lowest BCUT2D eigenvalue weighted by molar-refractivity contribution is -0.116. The molecule has 0 heterocycles. The molecule has 2 aromatic carbocycles. The fraction of sp³-hybridized carbons (Fsp3) is 0.278. The number of methoxy groups -OCH3 is 1. The van der Waals surface area contributed by atoms with Crippen molar-refractivity contribution in [2.45, 2.75) is 11.3 Å². The summed E-state index contributed by atoms with van der Waals surface area (Å²) in [5, 5.41) is 2.62. The van der Waals surface area contributed by atoms with Gasteiger partial charge in [-0.05, 0) is 30.3 Å². The molecule has 2 N–H and O–H groups in total. The molecule has 0 radical (unpaired) electrons. The summed E-state index contributed by atoms with van der Waals surface area (Å²) in [6, 6.07) is 8.94. The molecular weight excluding hydrogens is 394 g/mol. The normalized spacial score (nSPS) is 11.2. The molecule has 0 unspecified atom stereocenters. The van der Waals surface area contributed by atoms with Gasteiger partial charge in [0.05, 0.1) is 11.5 Å². The van der Waals surface area contributed by atoms with Gasteiger partial charge in [-0.1, -0.05) is 6.07 Å². The van der Waals surface area contributed by atoms with E-state index in [0.717, 1.165) is 12.1 Å². The van der Waals surface area contributed by atoms with Crippen molar-refractivity contribution >= 4 is 21.6 Å². The Bertz CT molecular complexity index is 922. The molecule has 0 aliphatic rings. The SMILES string of the molecule is COCCOc1cccc(NC(=O)CCNS(=O)(=O)c2ccc(F)c(F)c2)c1. The first-order chi connectivity index (χ1) is 13.3. The van der Waals surface area contributed by atoms with E-state index < -0.39 is 32.5 Å². The smallest absolute Gasteiger partial charge is 0.240 e. The topological polar surface area (TPSA) is 93.7 Å². The van der Waals surface area contributed by atoms with E-state index >= 15 is 0 Å². The third kappa shape index (κ3) is 6.55. The van der Waals surface area contributed by atoms with Gasteiger partial charge < -0.3 is 14.8 Å². The molecule has 152 valence electrons. The van der Waals surface area contributed by atoms with E-state index in [2.05, 4.69) is 10.0 Å². The number of nitrogens with one attached hydrogen (secondary N) is 2. The van der Waals surface area contributed by atoms with Crippen LogP contribution in [0.2, 0.25) is 0 Å². The number of benzene rings is 2. The molecule has 7 nitrogen and oxygen atoms in total. The van der Waals surface area contributed by atoms with Crippen LogP contribution in [0, 0.1) is 11.6 Å². The molecule has 0 bridgehead atoms. The molecule has 0 atom stereocenters. The summed E-state index contributed by atoms with van der Waals surface area (Å²) in [5.74, 6) is -2.30. The van der Waals surface area contributed by atoms with Crippen LogP contribution in [0.4, 0.5) is 14.5 Å². The van der Waals surface area contributed by atoms with Crippen molar-refractivity contribution in [2.75, 3.05) is 32.2 Å². The van der Waals surface area contributed by atoms with Gasteiger partial charge in [-0.25, -0.2) is 21.9 Å². The van der Waals surface area contributed by atoms with Crippen LogP contribution in [-0.2, 0) is 19.6 Å². The predicted octanol–water partition coefficient (Wildman–Crippen LogP) is 2.30. The molecule has 10 heteroatoms. The Morgan fingerprint density at radius 1 is 1.07 bits per heavy atom. The van der Waals surface area contributed by atoms with E-state index in [4.69, 9.17) is 9.47 Å². The lowest BCUT2D eigenvalue weighted by atomic mass is 10.3. The second-order valence-corrected chi connectivity index (χ2v) is 7.41. The first-order valence-electron chi connectivity index (χ1n) is 8.28. The molecule has 0 saturated heterocycles. The van der Waals surface area contributed by atoms with Crippen LogP contribution in [0.25, 0.3) is 0 Å². The van der Waals surface area contributed by atoms with Crippen molar-refractivity contribution in [1.82, 2.24) is 4.72 Å². The van der Waals surface area contributed by atoms with Crippen LogP contribution in [0.15, 0.2) is 47.4 Å². The molecule has 2 rings (SSSR count). The minimum absolute atomic E-state index is 0.155. The second kappa shape index (κ2) is 10.1. The van der Waals surface area contributed by atoms with Crippen LogP contribution in [-0.4, -0.2) is 41.2 Å². The number of halogens is 2. The molecular formula is C18H20F2N2O5S. The number of ether oxygens (including phenoxy) is 2. The van der Waals surface area contributed by atoms with Gasteiger partial charge in [-0.3, -0.25) is 4.79 Å². The summed E-state index contributed by atoms with van der Waals surface area (Å²) in [6.07, 6.45) is -0.155. The van der Waals surface area contributed by atoms with Gasteiger partial charge >= 0.3 is 0 Å². The zero-order chi connectivity index (χ0) is 20.6. The number of carbonyl (C=O) groups is 1. The summed E-state index contributed by atoms with van der Waals surface area (Å²) >= 11 is 0. The van der Waals surface area contributed by atoms with E-state index in [9.17, 15) is 22.0 Å². The highest BCUT2D eigenvalue weighted by atomic mass is 32.2. The van der Waals surface area contributed by atoms with E-state index in [1.54, 1.807) is 31.4 Å². The molecule has 2 aromatic rings. The number of hydrogen-bond acceptors (Lipinski definition) is 5. The maximum atomic E-state index is 13.2. The molecule has 0 aliphatic heterocycles. The fourth-order valence-electron chi connectivity index (χ4n) is 2.16. The minimum atomic E-state index is -4.06. The molecule has 0 spiro atoms. The monoisotopic (exact) mass is 414 g/mol. The van der Waals surface area contributed by atoms with Crippen molar-refractivity contribution in [2.24, 2.45) is 0 Å². The van der Waals surface area contributed by atoms with Gasteiger partial charge in [-0.2, -0.15) is 0 Å². The van der Waals surface area contributed by atoms with Crippen LogP contribution < -0.4 is 14.8 Å². The average molecular weight is 414 g/mol. The van der Waals surface area contributed by atoms with Crippen molar-refractivity contribution in [3.8, 4) is 5.75 Å². The summed E-state index contributed by atoms with van der Waals surface area (Å²) in [6.45, 7) is 0.575. The Hall–Kier alpha value is -2.56. The van der Waals surface area contributed by atoms with Crippen molar-refractivity contribution in [3.63, 3.8) is 0 Å². The van der Waals surface area contributed by atoms with Crippen molar-refractivity contribution < 1.29 is 31.5 Å². The predicted molar refractivity (Wildman–Crippen MR) is 98.6 cm³/mol. The molecule has 0 aromatic heterocycles. The number of anilines is 1. The quantitative estimate of drug-likeness (QED) is 0.582. The van der Waals surface area contributed by atoms with Crippen molar-refractivity contribution in [3.05, 3.63) is 54.1 Å². The number of hydrogen-bond donors (Lipinski definition) is 2. The van der Waals surface area contributed by atoms with Crippen LogP contribution in [0.5, 0.6) is 5.75 Å². The van der Waals surface area contributed by atoms with E-state index in [1.807, 2.05) is 0 Å². The van der Waals surface area contributed by atoms with Gasteiger partial charge in [0.1, 0.15) is 12.4 Å². The zero-order valence-electron chi connectivity index (χ0n) is 15.1. The summed E-state index contributed by atoms with van der Waals surface area (Å²) in [7, 11) is -2.50. The lowest BCUT2D eigenvalue weighted by Gasteiger charge is -2.10. The highest BCUT2D eigenvalue weighted by Crippen LogP contribution is 2.17. The summed E-state index contributed by atoms with van der Waals surface area (Å²) in [4.78, 5) is 11.6. The molecule has 0 fully saturated rings.